The van der Waals surface area contributed by atoms with Crippen LogP contribution in [0.2, 0.25) is 0 Å². The molecule has 3 heteroatoms. The Morgan fingerprint density at radius 3 is 2.65 bits per heavy atom. The van der Waals surface area contributed by atoms with Crippen LogP contribution in [-0.4, -0.2) is 19.6 Å². The van der Waals surface area contributed by atoms with Crippen molar-refractivity contribution in [3.05, 3.63) is 70.8 Å². The largest absolute Gasteiger partial charge is 0.497 e. The summed E-state index contributed by atoms with van der Waals surface area (Å²) < 4.78 is 5.35. The molecule has 0 saturated carbocycles. The van der Waals surface area contributed by atoms with Crippen LogP contribution < -0.4 is 9.64 Å². The number of ether oxygens (including phenoxy) is 1. The Morgan fingerprint density at radius 2 is 1.81 bits per heavy atom. The zero-order chi connectivity index (χ0) is 17.7. The summed E-state index contributed by atoms with van der Waals surface area (Å²) in [5.41, 5.74) is 5.77. The zero-order valence-electron chi connectivity index (χ0n) is 14.9. The van der Waals surface area contributed by atoms with Crippen molar-refractivity contribution in [3.63, 3.8) is 0 Å². The number of aryl methyl sites for hydroxylation is 3. The maximum atomic E-state index is 13.5. The minimum absolute atomic E-state index is 0.103. The quantitative estimate of drug-likeness (QED) is 0.684. The first-order chi connectivity index (χ1) is 12.8. The van der Waals surface area contributed by atoms with Gasteiger partial charge in [0.05, 0.1) is 7.11 Å². The van der Waals surface area contributed by atoms with Gasteiger partial charge in [-0.3, -0.25) is 4.79 Å². The lowest BCUT2D eigenvalue weighted by atomic mass is 9.97. The normalized spacial score (nSPS) is 15.2. The molecule has 3 aromatic rings. The van der Waals surface area contributed by atoms with Crippen LogP contribution in [0.25, 0.3) is 10.8 Å². The smallest absolute Gasteiger partial charge is 0.258 e. The number of rotatable bonds is 2. The number of carbonyl (C=O) groups is 1. The van der Waals surface area contributed by atoms with Gasteiger partial charge in [-0.05, 0) is 77.4 Å². The lowest BCUT2D eigenvalue weighted by Crippen LogP contribution is -2.35. The van der Waals surface area contributed by atoms with Gasteiger partial charge in [0.25, 0.3) is 5.91 Å². The summed E-state index contributed by atoms with van der Waals surface area (Å²) in [6, 6.07) is 16.6. The molecule has 3 nitrogen and oxygen atoms in total. The van der Waals surface area contributed by atoms with Gasteiger partial charge in [-0.1, -0.05) is 24.3 Å². The molecule has 3 aromatic carbocycles. The summed E-state index contributed by atoms with van der Waals surface area (Å²) in [5, 5.41) is 2.40. The Labute approximate surface area is 153 Å². The van der Waals surface area contributed by atoms with Gasteiger partial charge in [0.1, 0.15) is 5.75 Å². The summed E-state index contributed by atoms with van der Waals surface area (Å²) in [4.78, 5) is 15.4. The second kappa shape index (κ2) is 5.87. The van der Waals surface area contributed by atoms with Crippen LogP contribution in [0, 0.1) is 0 Å². The third kappa shape index (κ3) is 2.23. The topological polar surface area (TPSA) is 29.5 Å². The van der Waals surface area contributed by atoms with E-state index < -0.39 is 0 Å². The number of nitrogens with zero attached hydrogens (tertiary/aromatic N) is 1. The Hall–Kier alpha value is -2.81. The van der Waals surface area contributed by atoms with Gasteiger partial charge in [-0.25, -0.2) is 0 Å². The molecule has 0 saturated heterocycles. The van der Waals surface area contributed by atoms with Gasteiger partial charge < -0.3 is 9.64 Å². The van der Waals surface area contributed by atoms with Gasteiger partial charge in [-0.15, -0.1) is 0 Å². The SMILES string of the molecule is COc1ccc2c(c1)CCCN2C(=O)c1ccc2c3c(cccc13)CC2. The highest BCUT2D eigenvalue weighted by Crippen LogP contribution is 2.36. The molecule has 0 aromatic heterocycles. The van der Waals surface area contributed by atoms with Gasteiger partial charge in [-0.2, -0.15) is 0 Å². The van der Waals surface area contributed by atoms with Gasteiger partial charge in [0.15, 0.2) is 0 Å². The number of anilines is 1. The van der Waals surface area contributed by atoms with Crippen molar-refractivity contribution < 1.29 is 9.53 Å². The van der Waals surface area contributed by atoms with E-state index >= 15 is 0 Å². The average molecular weight is 343 g/mol. The number of methoxy groups -OCH3 is 1. The molecule has 0 fully saturated rings. The standard InChI is InChI=1S/C23H21NO2/c1-26-18-10-12-21-17(14-18)5-3-13-24(21)23(25)20-11-9-16-8-7-15-4-2-6-19(20)22(15)16/h2,4,6,9-12,14H,3,5,7-8,13H2,1H3. The van der Waals surface area contributed by atoms with Crippen LogP contribution in [0.4, 0.5) is 5.69 Å². The molecule has 0 N–H and O–H groups in total. The minimum Gasteiger partial charge on any atom is -0.497 e. The molecule has 0 atom stereocenters. The summed E-state index contributed by atoms with van der Waals surface area (Å²) in [6.07, 6.45) is 4.13. The van der Waals surface area contributed by atoms with Crippen molar-refractivity contribution >= 4 is 22.4 Å². The molecule has 1 aliphatic heterocycles. The second-order valence-electron chi connectivity index (χ2n) is 7.17. The maximum absolute atomic E-state index is 13.5. The summed E-state index contributed by atoms with van der Waals surface area (Å²) in [5.74, 6) is 0.954. The Balaban J connectivity index is 1.62. The van der Waals surface area contributed by atoms with Crippen LogP contribution in [0.15, 0.2) is 48.5 Å². The predicted octanol–water partition coefficient (Wildman–Crippen LogP) is 4.54. The van der Waals surface area contributed by atoms with Gasteiger partial charge in [0, 0.05) is 17.8 Å². The van der Waals surface area contributed by atoms with Crippen molar-refractivity contribution in [2.45, 2.75) is 25.7 Å². The van der Waals surface area contributed by atoms with E-state index in [1.807, 2.05) is 23.1 Å². The lowest BCUT2D eigenvalue weighted by Gasteiger charge is -2.30. The highest BCUT2D eigenvalue weighted by molar-refractivity contribution is 6.15. The number of fused-ring (bicyclic) bond motifs is 1. The Morgan fingerprint density at radius 1 is 0.962 bits per heavy atom. The van der Waals surface area contributed by atoms with E-state index in [0.717, 1.165) is 54.6 Å². The van der Waals surface area contributed by atoms with E-state index in [-0.39, 0.29) is 5.91 Å². The molecule has 5 rings (SSSR count). The number of hydrogen-bond donors (Lipinski definition) is 0. The Kier molecular flexibility index (Phi) is 3.49. The molecule has 1 amide bonds. The highest BCUT2D eigenvalue weighted by Gasteiger charge is 2.26. The number of hydrogen-bond acceptors (Lipinski definition) is 2. The number of amides is 1. The molecular formula is C23H21NO2. The van der Waals surface area contributed by atoms with Crippen LogP contribution >= 0.6 is 0 Å². The second-order valence-corrected chi connectivity index (χ2v) is 7.17. The van der Waals surface area contributed by atoms with Crippen LogP contribution in [0.3, 0.4) is 0 Å². The molecule has 1 aliphatic carbocycles. The molecule has 2 aliphatic rings. The molecule has 130 valence electrons. The van der Waals surface area contributed by atoms with E-state index in [2.05, 4.69) is 30.3 Å². The number of benzene rings is 3. The van der Waals surface area contributed by atoms with Crippen molar-refractivity contribution in [1.29, 1.82) is 0 Å². The number of carbonyl (C=O) groups excluding carboxylic acids is 1. The summed E-state index contributed by atoms with van der Waals surface area (Å²) in [6.45, 7) is 0.765. The van der Waals surface area contributed by atoms with E-state index in [1.165, 1.54) is 22.1 Å². The van der Waals surface area contributed by atoms with E-state index in [9.17, 15) is 4.79 Å². The predicted molar refractivity (Wildman–Crippen MR) is 104 cm³/mol. The fourth-order valence-corrected chi connectivity index (χ4v) is 4.49. The molecule has 0 bridgehead atoms. The maximum Gasteiger partial charge on any atom is 0.258 e. The molecular weight excluding hydrogens is 322 g/mol. The van der Waals surface area contributed by atoms with Crippen LogP contribution in [-0.2, 0) is 19.3 Å². The molecule has 0 unspecified atom stereocenters. The first kappa shape index (κ1) is 15.4. The van der Waals surface area contributed by atoms with Crippen molar-refractivity contribution in [1.82, 2.24) is 0 Å². The first-order valence-electron chi connectivity index (χ1n) is 9.28. The fourth-order valence-electron chi connectivity index (χ4n) is 4.49. The van der Waals surface area contributed by atoms with Crippen LogP contribution in [0.5, 0.6) is 5.75 Å². The summed E-state index contributed by atoms with van der Waals surface area (Å²) >= 11 is 0. The molecule has 0 spiro atoms. The fraction of sp³-hybridized carbons (Fsp3) is 0.261. The van der Waals surface area contributed by atoms with Crippen molar-refractivity contribution in [2.24, 2.45) is 0 Å². The lowest BCUT2D eigenvalue weighted by molar-refractivity contribution is 0.0986. The van der Waals surface area contributed by atoms with Gasteiger partial charge in [0.2, 0.25) is 0 Å². The monoisotopic (exact) mass is 343 g/mol. The Bertz CT molecular complexity index is 1030. The molecule has 26 heavy (non-hydrogen) atoms. The third-order valence-corrected chi connectivity index (χ3v) is 5.76. The molecule has 1 heterocycles. The van der Waals surface area contributed by atoms with E-state index in [0.29, 0.717) is 0 Å². The molecule has 0 radical (unpaired) electrons. The highest BCUT2D eigenvalue weighted by atomic mass is 16.5. The third-order valence-electron chi connectivity index (χ3n) is 5.76. The minimum atomic E-state index is 0.103. The van der Waals surface area contributed by atoms with Crippen molar-refractivity contribution in [3.8, 4) is 5.75 Å². The van der Waals surface area contributed by atoms with E-state index in [1.54, 1.807) is 7.11 Å². The van der Waals surface area contributed by atoms with E-state index in [4.69, 9.17) is 4.74 Å². The summed E-state index contributed by atoms with van der Waals surface area (Å²) in [7, 11) is 1.68. The zero-order valence-corrected chi connectivity index (χ0v) is 14.9. The van der Waals surface area contributed by atoms with Gasteiger partial charge >= 0.3 is 0 Å². The first-order valence-corrected chi connectivity index (χ1v) is 9.28. The average Bonchev–Trinajstić information content (AvgIpc) is 3.12. The van der Waals surface area contributed by atoms with Crippen molar-refractivity contribution in [2.75, 3.05) is 18.6 Å². The van der Waals surface area contributed by atoms with Crippen LogP contribution in [0.1, 0.15) is 33.5 Å².